The summed E-state index contributed by atoms with van der Waals surface area (Å²) in [6.07, 6.45) is -4.49. The van der Waals surface area contributed by atoms with Crippen LogP contribution in [-0.2, 0) is 17.5 Å². The van der Waals surface area contributed by atoms with Crippen molar-refractivity contribution in [2.24, 2.45) is 0 Å². The SMILES string of the molecule is CN1C(=O)c2ccc(C(=O)OCc3cccc(C(F)(F)F)c3)cc2C1=O. The molecule has 134 valence electrons. The Morgan fingerprint density at radius 1 is 1.04 bits per heavy atom. The number of esters is 1. The molecule has 0 atom stereocenters. The van der Waals surface area contributed by atoms with Gasteiger partial charge in [-0.25, -0.2) is 4.79 Å². The third-order valence-corrected chi connectivity index (χ3v) is 3.95. The second-order valence-corrected chi connectivity index (χ2v) is 5.70. The van der Waals surface area contributed by atoms with Crippen LogP contribution in [0.15, 0.2) is 42.5 Å². The van der Waals surface area contributed by atoms with Crippen molar-refractivity contribution in [3.63, 3.8) is 0 Å². The lowest BCUT2D eigenvalue weighted by atomic mass is 10.1. The van der Waals surface area contributed by atoms with Crippen LogP contribution in [0.25, 0.3) is 0 Å². The van der Waals surface area contributed by atoms with Gasteiger partial charge in [0, 0.05) is 7.05 Å². The van der Waals surface area contributed by atoms with Crippen molar-refractivity contribution in [2.45, 2.75) is 12.8 Å². The van der Waals surface area contributed by atoms with Crippen molar-refractivity contribution in [2.75, 3.05) is 7.05 Å². The highest BCUT2D eigenvalue weighted by atomic mass is 19.4. The van der Waals surface area contributed by atoms with E-state index in [1.165, 1.54) is 37.4 Å². The first-order valence-electron chi connectivity index (χ1n) is 7.48. The molecule has 2 amide bonds. The quantitative estimate of drug-likeness (QED) is 0.620. The molecule has 0 radical (unpaired) electrons. The summed E-state index contributed by atoms with van der Waals surface area (Å²) in [6.45, 7) is -0.355. The van der Waals surface area contributed by atoms with Crippen LogP contribution in [0, 0.1) is 0 Å². The molecule has 0 N–H and O–H groups in total. The van der Waals surface area contributed by atoms with E-state index in [-0.39, 0.29) is 28.9 Å². The van der Waals surface area contributed by atoms with Crippen molar-refractivity contribution in [1.29, 1.82) is 0 Å². The molecule has 0 aromatic heterocycles. The summed E-state index contributed by atoms with van der Waals surface area (Å²) in [5.74, 6) is -1.80. The molecular weight excluding hydrogens is 351 g/mol. The van der Waals surface area contributed by atoms with E-state index in [4.69, 9.17) is 4.74 Å². The third-order valence-electron chi connectivity index (χ3n) is 3.95. The number of alkyl halides is 3. The number of hydrogen-bond acceptors (Lipinski definition) is 4. The Morgan fingerprint density at radius 2 is 1.73 bits per heavy atom. The first-order valence-corrected chi connectivity index (χ1v) is 7.48. The minimum atomic E-state index is -4.49. The Kier molecular flexibility index (Phi) is 4.27. The molecule has 3 rings (SSSR count). The minimum Gasteiger partial charge on any atom is -0.457 e. The van der Waals surface area contributed by atoms with E-state index in [0.29, 0.717) is 0 Å². The summed E-state index contributed by atoms with van der Waals surface area (Å²) >= 11 is 0. The molecule has 0 aliphatic carbocycles. The first kappa shape index (κ1) is 17.7. The van der Waals surface area contributed by atoms with Crippen LogP contribution in [-0.4, -0.2) is 29.7 Å². The Labute approximate surface area is 146 Å². The summed E-state index contributed by atoms with van der Waals surface area (Å²) in [7, 11) is 1.33. The number of fused-ring (bicyclic) bond motifs is 1. The monoisotopic (exact) mass is 363 g/mol. The maximum atomic E-state index is 12.7. The average molecular weight is 363 g/mol. The topological polar surface area (TPSA) is 63.7 Å². The van der Waals surface area contributed by atoms with Gasteiger partial charge in [-0.1, -0.05) is 12.1 Å². The minimum absolute atomic E-state index is 0.0344. The fourth-order valence-electron chi connectivity index (χ4n) is 2.56. The van der Waals surface area contributed by atoms with E-state index in [2.05, 4.69) is 0 Å². The fraction of sp³-hybridized carbons (Fsp3) is 0.167. The molecule has 0 unspecified atom stereocenters. The number of benzene rings is 2. The second kappa shape index (κ2) is 6.29. The molecule has 26 heavy (non-hydrogen) atoms. The summed E-state index contributed by atoms with van der Waals surface area (Å²) in [4.78, 5) is 36.8. The first-order chi connectivity index (χ1) is 12.2. The maximum absolute atomic E-state index is 12.7. The predicted molar refractivity (Wildman–Crippen MR) is 83.4 cm³/mol. The van der Waals surface area contributed by atoms with Gasteiger partial charge in [-0.15, -0.1) is 0 Å². The number of rotatable bonds is 3. The van der Waals surface area contributed by atoms with Crippen molar-refractivity contribution >= 4 is 17.8 Å². The molecule has 1 heterocycles. The number of halogens is 3. The fourth-order valence-corrected chi connectivity index (χ4v) is 2.56. The molecule has 2 aromatic carbocycles. The van der Waals surface area contributed by atoms with E-state index >= 15 is 0 Å². The van der Waals surface area contributed by atoms with Crippen LogP contribution in [0.3, 0.4) is 0 Å². The van der Waals surface area contributed by atoms with Crippen molar-refractivity contribution < 1.29 is 32.3 Å². The molecule has 1 aliphatic rings. The standard InChI is InChI=1S/C18H12F3NO4/c1-22-15(23)13-6-5-11(8-14(13)16(22)24)17(25)26-9-10-3-2-4-12(7-10)18(19,20)21/h2-8H,9H2,1H3. The summed E-state index contributed by atoms with van der Waals surface area (Å²) < 4.78 is 43.1. The van der Waals surface area contributed by atoms with Crippen LogP contribution < -0.4 is 0 Å². The lowest BCUT2D eigenvalue weighted by molar-refractivity contribution is -0.137. The van der Waals surface area contributed by atoms with Crippen molar-refractivity contribution in [3.05, 3.63) is 70.3 Å². The summed E-state index contributed by atoms with van der Waals surface area (Å²) in [5, 5.41) is 0. The highest BCUT2D eigenvalue weighted by Crippen LogP contribution is 2.29. The van der Waals surface area contributed by atoms with Gasteiger partial charge >= 0.3 is 12.1 Å². The van der Waals surface area contributed by atoms with Crippen LogP contribution >= 0.6 is 0 Å². The predicted octanol–water partition coefficient (Wildman–Crippen LogP) is 3.29. The molecule has 0 saturated carbocycles. The molecule has 1 aliphatic heterocycles. The highest BCUT2D eigenvalue weighted by molar-refractivity contribution is 6.21. The lowest BCUT2D eigenvalue weighted by Gasteiger charge is -2.09. The zero-order valence-corrected chi connectivity index (χ0v) is 13.5. The number of carbonyl (C=O) groups excluding carboxylic acids is 3. The van der Waals surface area contributed by atoms with Crippen molar-refractivity contribution in [3.8, 4) is 0 Å². The van der Waals surface area contributed by atoms with Crippen LogP contribution in [0.4, 0.5) is 13.2 Å². The van der Waals surface area contributed by atoms with Gasteiger partial charge in [0.25, 0.3) is 11.8 Å². The van der Waals surface area contributed by atoms with E-state index in [1.54, 1.807) is 0 Å². The van der Waals surface area contributed by atoms with Gasteiger partial charge in [-0.05, 0) is 35.9 Å². The molecular formula is C18H12F3NO4. The Morgan fingerprint density at radius 3 is 2.42 bits per heavy atom. The summed E-state index contributed by atoms with van der Waals surface area (Å²) in [6, 6.07) is 8.37. The van der Waals surface area contributed by atoms with Gasteiger partial charge in [0.05, 0.1) is 22.3 Å². The molecule has 0 bridgehead atoms. The van der Waals surface area contributed by atoms with Gasteiger partial charge in [0.1, 0.15) is 6.61 Å². The number of hydrogen-bond donors (Lipinski definition) is 0. The maximum Gasteiger partial charge on any atom is 0.416 e. The zero-order chi connectivity index (χ0) is 19.1. The van der Waals surface area contributed by atoms with E-state index in [9.17, 15) is 27.6 Å². The third kappa shape index (κ3) is 3.17. The smallest absolute Gasteiger partial charge is 0.416 e. The Hall–Kier alpha value is -3.16. The number of amides is 2. The van der Waals surface area contributed by atoms with Gasteiger partial charge < -0.3 is 4.74 Å². The van der Waals surface area contributed by atoms with Crippen LogP contribution in [0.1, 0.15) is 42.2 Å². The normalized spacial score (nSPS) is 13.8. The molecule has 5 nitrogen and oxygen atoms in total. The number of ether oxygens (including phenoxy) is 1. The molecule has 0 fully saturated rings. The molecule has 0 saturated heterocycles. The average Bonchev–Trinajstić information content (AvgIpc) is 2.83. The van der Waals surface area contributed by atoms with Gasteiger partial charge in [0.2, 0.25) is 0 Å². The van der Waals surface area contributed by atoms with E-state index in [0.717, 1.165) is 17.0 Å². The molecule has 0 spiro atoms. The number of carbonyl (C=O) groups is 3. The highest BCUT2D eigenvalue weighted by Gasteiger charge is 2.33. The number of nitrogens with zero attached hydrogens (tertiary/aromatic N) is 1. The second-order valence-electron chi connectivity index (χ2n) is 5.70. The van der Waals surface area contributed by atoms with Crippen LogP contribution in [0.5, 0.6) is 0 Å². The van der Waals surface area contributed by atoms with Gasteiger partial charge in [-0.2, -0.15) is 13.2 Å². The van der Waals surface area contributed by atoms with Gasteiger partial charge in [-0.3, -0.25) is 14.5 Å². The summed E-state index contributed by atoms with van der Waals surface area (Å²) in [5.41, 5.74) is -0.346. The van der Waals surface area contributed by atoms with Crippen molar-refractivity contribution in [1.82, 2.24) is 4.90 Å². The molecule has 2 aromatic rings. The Bertz CT molecular complexity index is 921. The number of imide groups is 1. The zero-order valence-electron chi connectivity index (χ0n) is 13.5. The lowest BCUT2D eigenvalue weighted by Crippen LogP contribution is -2.24. The van der Waals surface area contributed by atoms with E-state index < -0.39 is 29.5 Å². The Balaban J connectivity index is 1.74. The molecule has 8 heteroatoms. The largest absolute Gasteiger partial charge is 0.457 e. The van der Waals surface area contributed by atoms with Crippen LogP contribution in [0.2, 0.25) is 0 Å². The van der Waals surface area contributed by atoms with Gasteiger partial charge in [0.15, 0.2) is 0 Å². The van der Waals surface area contributed by atoms with E-state index in [1.807, 2.05) is 0 Å².